The van der Waals surface area contributed by atoms with Crippen LogP contribution in [-0.2, 0) is 24.7 Å². The highest BCUT2D eigenvalue weighted by atomic mass is 19.1. The molecule has 5 amide bonds. The number of carbonyl (C=O) groups is 5. The number of amides is 5. The van der Waals surface area contributed by atoms with Crippen molar-refractivity contribution in [1.82, 2.24) is 15.5 Å². The van der Waals surface area contributed by atoms with E-state index in [1.165, 1.54) is 24.3 Å². The molecule has 3 aliphatic rings. The molecule has 3 heterocycles. The summed E-state index contributed by atoms with van der Waals surface area (Å²) in [5, 5.41) is 4.89. The van der Waals surface area contributed by atoms with Crippen LogP contribution in [0.5, 0.6) is 5.75 Å². The Bertz CT molecular complexity index is 1270. The van der Waals surface area contributed by atoms with Crippen LogP contribution in [0.3, 0.4) is 0 Å². The summed E-state index contributed by atoms with van der Waals surface area (Å²) in [5.41, 5.74) is -0.543. The third-order valence-electron chi connectivity index (χ3n) is 6.25. The van der Waals surface area contributed by atoms with Crippen LogP contribution < -0.4 is 15.4 Å². The first-order valence-electron chi connectivity index (χ1n) is 10.9. The number of fused-ring (bicyclic) bond motifs is 1. The molecule has 2 aromatic rings. The summed E-state index contributed by atoms with van der Waals surface area (Å²) in [4.78, 5) is 62.6. The average Bonchev–Trinajstić information content (AvgIpc) is 3.05. The molecule has 0 aliphatic carbocycles. The molecule has 0 bridgehead atoms. The minimum absolute atomic E-state index is 0.0205. The number of halogens is 1. The SMILES string of the molecule is O=C1CCC(N2C(=O)c3ccc(OCC(=O)NC4(c5ccccc5F)COC4)cc3C2=O)C(=O)N1. The average molecular weight is 481 g/mol. The molecular weight excluding hydrogens is 461 g/mol. The van der Waals surface area contributed by atoms with Crippen molar-refractivity contribution < 1.29 is 37.8 Å². The van der Waals surface area contributed by atoms with Crippen LogP contribution in [0.25, 0.3) is 0 Å². The number of benzene rings is 2. The summed E-state index contributed by atoms with van der Waals surface area (Å²) >= 11 is 0. The summed E-state index contributed by atoms with van der Waals surface area (Å²) in [6.45, 7) is -0.190. The molecule has 1 unspecified atom stereocenters. The number of hydrogen-bond donors (Lipinski definition) is 2. The van der Waals surface area contributed by atoms with Crippen molar-refractivity contribution in [1.29, 1.82) is 0 Å². The highest BCUT2D eigenvalue weighted by Gasteiger charge is 2.45. The van der Waals surface area contributed by atoms with E-state index in [1.54, 1.807) is 18.2 Å². The maximum atomic E-state index is 14.3. The predicted molar refractivity (Wildman–Crippen MR) is 116 cm³/mol. The largest absolute Gasteiger partial charge is 0.484 e. The standard InChI is InChI=1S/C24H20FN3O7/c25-17-4-2-1-3-16(17)24(11-34-12-24)27-20(30)10-35-13-5-6-14-15(9-13)23(33)28(22(14)32)18-7-8-19(29)26-21(18)31/h1-6,9,18H,7-8,10-12H2,(H,27,30)(H,26,29,31). The first-order chi connectivity index (χ1) is 16.8. The summed E-state index contributed by atoms with van der Waals surface area (Å²) in [6, 6.07) is 9.18. The van der Waals surface area contributed by atoms with Crippen molar-refractivity contribution in [3.8, 4) is 5.75 Å². The van der Waals surface area contributed by atoms with E-state index in [1.807, 2.05) is 0 Å². The fourth-order valence-corrected chi connectivity index (χ4v) is 4.44. The Labute approximate surface area is 198 Å². The zero-order valence-corrected chi connectivity index (χ0v) is 18.3. The maximum absolute atomic E-state index is 14.3. The Morgan fingerprint density at radius 1 is 1.11 bits per heavy atom. The molecule has 35 heavy (non-hydrogen) atoms. The second-order valence-electron chi connectivity index (χ2n) is 8.55. The third-order valence-corrected chi connectivity index (χ3v) is 6.25. The lowest BCUT2D eigenvalue weighted by atomic mass is 9.87. The van der Waals surface area contributed by atoms with E-state index in [0.717, 1.165) is 4.90 Å². The first-order valence-corrected chi connectivity index (χ1v) is 10.9. The van der Waals surface area contributed by atoms with Crippen LogP contribution in [0, 0.1) is 5.82 Å². The van der Waals surface area contributed by atoms with Gasteiger partial charge in [-0.2, -0.15) is 0 Å². The van der Waals surface area contributed by atoms with Gasteiger partial charge in [-0.25, -0.2) is 4.39 Å². The van der Waals surface area contributed by atoms with Gasteiger partial charge in [0.15, 0.2) is 6.61 Å². The Morgan fingerprint density at radius 3 is 2.54 bits per heavy atom. The third kappa shape index (κ3) is 3.93. The molecule has 0 saturated carbocycles. The Hall–Kier alpha value is -4.12. The maximum Gasteiger partial charge on any atom is 0.262 e. The number of nitrogens with one attached hydrogen (secondary N) is 2. The van der Waals surface area contributed by atoms with E-state index in [4.69, 9.17) is 9.47 Å². The topological polar surface area (TPSA) is 131 Å². The lowest BCUT2D eigenvalue weighted by molar-refractivity contribution is -0.137. The molecule has 2 aromatic carbocycles. The lowest BCUT2D eigenvalue weighted by Crippen LogP contribution is -2.60. The predicted octanol–water partition coefficient (Wildman–Crippen LogP) is 0.648. The molecule has 10 nitrogen and oxygen atoms in total. The summed E-state index contributed by atoms with van der Waals surface area (Å²) in [6.07, 6.45) is 0.0693. The molecule has 0 radical (unpaired) electrons. The highest BCUT2D eigenvalue weighted by Crippen LogP contribution is 2.32. The first kappa shape index (κ1) is 22.7. The normalized spacial score (nSPS) is 20.7. The van der Waals surface area contributed by atoms with Crippen LogP contribution in [0.4, 0.5) is 4.39 Å². The second-order valence-corrected chi connectivity index (χ2v) is 8.55. The molecule has 2 fully saturated rings. The zero-order chi connectivity index (χ0) is 24.7. The van der Waals surface area contributed by atoms with E-state index in [2.05, 4.69) is 10.6 Å². The number of imide groups is 2. The monoisotopic (exact) mass is 481 g/mol. The minimum Gasteiger partial charge on any atom is -0.484 e. The second kappa shape index (κ2) is 8.58. The van der Waals surface area contributed by atoms with Crippen molar-refractivity contribution in [3.63, 3.8) is 0 Å². The van der Waals surface area contributed by atoms with Gasteiger partial charge in [-0.15, -0.1) is 0 Å². The number of rotatable bonds is 6. The molecule has 180 valence electrons. The summed E-state index contributed by atoms with van der Waals surface area (Å²) in [7, 11) is 0. The van der Waals surface area contributed by atoms with Crippen LogP contribution in [0.1, 0.15) is 39.1 Å². The molecule has 11 heteroatoms. The number of nitrogens with zero attached hydrogens (tertiary/aromatic N) is 1. The van der Waals surface area contributed by atoms with E-state index in [-0.39, 0.29) is 42.9 Å². The van der Waals surface area contributed by atoms with Crippen LogP contribution in [-0.4, -0.2) is 60.3 Å². The molecule has 0 aromatic heterocycles. The number of piperidine rings is 1. The Morgan fingerprint density at radius 2 is 1.86 bits per heavy atom. The van der Waals surface area contributed by atoms with Crippen molar-refractivity contribution in [2.75, 3.05) is 19.8 Å². The molecule has 2 saturated heterocycles. The van der Waals surface area contributed by atoms with E-state index >= 15 is 0 Å². The fourth-order valence-electron chi connectivity index (χ4n) is 4.44. The summed E-state index contributed by atoms with van der Waals surface area (Å²) < 4.78 is 25.0. The molecule has 5 rings (SSSR count). The van der Waals surface area contributed by atoms with Crippen molar-refractivity contribution in [2.45, 2.75) is 24.4 Å². The number of hydrogen-bond acceptors (Lipinski definition) is 7. The fraction of sp³-hybridized carbons (Fsp3) is 0.292. The van der Waals surface area contributed by atoms with E-state index in [0.29, 0.717) is 5.56 Å². The van der Waals surface area contributed by atoms with Gasteiger partial charge in [-0.05, 0) is 30.7 Å². The van der Waals surface area contributed by atoms with Crippen molar-refractivity contribution in [3.05, 3.63) is 65.0 Å². The minimum atomic E-state index is -1.07. The zero-order valence-electron chi connectivity index (χ0n) is 18.3. The molecule has 1 atom stereocenters. The van der Waals surface area contributed by atoms with Gasteiger partial charge in [0, 0.05) is 12.0 Å². The highest BCUT2D eigenvalue weighted by molar-refractivity contribution is 6.23. The van der Waals surface area contributed by atoms with Gasteiger partial charge in [0.1, 0.15) is 23.1 Å². The lowest BCUT2D eigenvalue weighted by Gasteiger charge is -2.42. The Balaban J connectivity index is 1.26. The number of ether oxygens (including phenoxy) is 2. The molecule has 0 spiro atoms. The van der Waals surface area contributed by atoms with Crippen LogP contribution in [0.2, 0.25) is 0 Å². The summed E-state index contributed by atoms with van der Waals surface area (Å²) in [5.74, 6) is -3.30. The number of carbonyl (C=O) groups excluding carboxylic acids is 5. The van der Waals surface area contributed by atoms with Gasteiger partial charge in [0.05, 0.1) is 24.3 Å². The van der Waals surface area contributed by atoms with E-state index in [9.17, 15) is 28.4 Å². The molecule has 3 aliphatic heterocycles. The van der Waals surface area contributed by atoms with Gasteiger partial charge < -0.3 is 14.8 Å². The van der Waals surface area contributed by atoms with Crippen LogP contribution >= 0.6 is 0 Å². The Kier molecular flexibility index (Phi) is 5.56. The van der Waals surface area contributed by atoms with Crippen molar-refractivity contribution >= 4 is 29.5 Å². The van der Waals surface area contributed by atoms with Gasteiger partial charge in [0.2, 0.25) is 11.8 Å². The quantitative estimate of drug-likeness (QED) is 0.579. The van der Waals surface area contributed by atoms with Crippen LogP contribution in [0.15, 0.2) is 42.5 Å². The van der Waals surface area contributed by atoms with Gasteiger partial charge >= 0.3 is 0 Å². The molecular formula is C24H20FN3O7. The van der Waals surface area contributed by atoms with Crippen molar-refractivity contribution in [2.24, 2.45) is 0 Å². The van der Waals surface area contributed by atoms with Gasteiger partial charge in [0.25, 0.3) is 17.7 Å². The van der Waals surface area contributed by atoms with Gasteiger partial charge in [-0.3, -0.25) is 34.2 Å². The van der Waals surface area contributed by atoms with E-state index < -0.39 is 53.5 Å². The molecule has 2 N–H and O–H groups in total. The smallest absolute Gasteiger partial charge is 0.262 e. The van der Waals surface area contributed by atoms with Gasteiger partial charge in [-0.1, -0.05) is 18.2 Å².